The first-order chi connectivity index (χ1) is 14.1. The number of rotatable bonds is 7. The highest BCUT2D eigenvalue weighted by Gasteiger charge is 2.50. The van der Waals surface area contributed by atoms with Crippen molar-refractivity contribution in [2.24, 2.45) is 11.3 Å². The van der Waals surface area contributed by atoms with Crippen molar-refractivity contribution < 1.29 is 13.9 Å². The predicted octanol–water partition coefficient (Wildman–Crippen LogP) is 5.21. The predicted molar refractivity (Wildman–Crippen MR) is 113 cm³/mol. The van der Waals surface area contributed by atoms with Crippen molar-refractivity contribution in [1.82, 2.24) is 4.90 Å². The number of halogens is 1. The summed E-state index contributed by atoms with van der Waals surface area (Å²) in [6, 6.07) is 21.1. The minimum absolute atomic E-state index is 0.187. The smallest absolute Gasteiger partial charge is 0.168 e. The second-order valence-electron chi connectivity index (χ2n) is 8.94. The van der Waals surface area contributed by atoms with Gasteiger partial charge in [-0.1, -0.05) is 67.6 Å². The lowest BCUT2D eigenvalue weighted by Crippen LogP contribution is -2.49. The van der Waals surface area contributed by atoms with Gasteiger partial charge in [-0.3, -0.25) is 9.29 Å². The molecule has 1 spiro atoms. The zero-order valence-corrected chi connectivity index (χ0v) is 17.4. The van der Waals surface area contributed by atoms with Crippen LogP contribution in [0.2, 0.25) is 0 Å². The molecule has 2 aliphatic rings. The van der Waals surface area contributed by atoms with E-state index in [0.29, 0.717) is 13.2 Å². The van der Waals surface area contributed by atoms with Crippen molar-refractivity contribution in [3.05, 3.63) is 71.8 Å². The lowest BCUT2D eigenvalue weighted by Gasteiger charge is -2.48. The molecular weight excluding hydrogens is 365 g/mol. The maximum atomic E-state index is 14.2. The summed E-state index contributed by atoms with van der Waals surface area (Å²) in [5, 5.41) is 0. The highest BCUT2D eigenvalue weighted by Crippen LogP contribution is 2.49. The molecule has 1 saturated carbocycles. The molecule has 2 aromatic rings. The summed E-state index contributed by atoms with van der Waals surface area (Å²) < 4.78 is 26.2. The fraction of sp³-hybridized carbons (Fsp3) is 0.520. The molecule has 4 heteroatoms. The summed E-state index contributed by atoms with van der Waals surface area (Å²) in [4.78, 5) is 2.46. The van der Waals surface area contributed by atoms with E-state index in [2.05, 4.69) is 60.4 Å². The van der Waals surface area contributed by atoms with Crippen molar-refractivity contribution in [3.63, 3.8) is 0 Å². The second kappa shape index (κ2) is 8.95. The molecule has 1 saturated heterocycles. The van der Waals surface area contributed by atoms with E-state index in [9.17, 15) is 4.39 Å². The molecule has 29 heavy (non-hydrogen) atoms. The Morgan fingerprint density at radius 3 is 1.97 bits per heavy atom. The Balaban J connectivity index is 1.55. The molecule has 156 valence electrons. The molecule has 0 radical (unpaired) electrons. The Labute approximate surface area is 173 Å². The Hall–Kier alpha value is -1.75. The zero-order chi connectivity index (χ0) is 20.2. The number of alkyl halides is 1. The van der Waals surface area contributed by atoms with Crippen molar-refractivity contribution in [1.29, 1.82) is 0 Å². The van der Waals surface area contributed by atoms with Crippen LogP contribution in [0.25, 0.3) is 0 Å². The maximum absolute atomic E-state index is 14.2. The normalized spacial score (nSPS) is 26.2. The first kappa shape index (κ1) is 20.5. The average Bonchev–Trinajstić information content (AvgIpc) is 3.21. The molecule has 1 heterocycles. The molecule has 2 fully saturated rings. The van der Waals surface area contributed by atoms with E-state index >= 15 is 0 Å². The van der Waals surface area contributed by atoms with Gasteiger partial charge in [-0.2, -0.15) is 0 Å². The van der Waals surface area contributed by atoms with Crippen LogP contribution < -0.4 is 0 Å². The summed E-state index contributed by atoms with van der Waals surface area (Å²) >= 11 is 0. The van der Waals surface area contributed by atoms with Gasteiger partial charge in [-0.15, -0.1) is 0 Å². The van der Waals surface area contributed by atoms with Gasteiger partial charge in [-0.05, 0) is 23.5 Å². The van der Waals surface area contributed by atoms with Gasteiger partial charge in [0.1, 0.15) is 0 Å². The Morgan fingerprint density at radius 1 is 0.897 bits per heavy atom. The maximum Gasteiger partial charge on any atom is 0.168 e. The number of ether oxygens (including phenoxy) is 2. The summed E-state index contributed by atoms with van der Waals surface area (Å²) in [6.45, 7) is 5.64. The molecule has 2 aromatic carbocycles. The third kappa shape index (κ3) is 4.88. The third-order valence-corrected chi connectivity index (χ3v) is 6.72. The van der Waals surface area contributed by atoms with E-state index in [1.54, 1.807) is 0 Å². The topological polar surface area (TPSA) is 21.7 Å². The first-order valence-electron chi connectivity index (χ1n) is 10.7. The molecular formula is C25H32FNO2. The van der Waals surface area contributed by atoms with Gasteiger partial charge >= 0.3 is 0 Å². The minimum Gasteiger partial charge on any atom is -0.348 e. The largest absolute Gasteiger partial charge is 0.348 e. The zero-order valence-electron chi connectivity index (χ0n) is 17.4. The molecule has 4 rings (SSSR count). The lowest BCUT2D eigenvalue weighted by molar-refractivity contribution is -0.209. The van der Waals surface area contributed by atoms with E-state index < -0.39 is 5.79 Å². The third-order valence-electron chi connectivity index (χ3n) is 6.72. The van der Waals surface area contributed by atoms with Gasteiger partial charge in [-0.25, -0.2) is 0 Å². The van der Waals surface area contributed by atoms with Gasteiger partial charge in [0.05, 0.1) is 19.9 Å². The van der Waals surface area contributed by atoms with Gasteiger partial charge in [0.25, 0.3) is 0 Å². The highest BCUT2D eigenvalue weighted by molar-refractivity contribution is 5.17. The molecule has 0 amide bonds. The van der Waals surface area contributed by atoms with Crippen LogP contribution in [0.3, 0.4) is 0 Å². The van der Waals surface area contributed by atoms with Gasteiger partial charge in [0, 0.05) is 37.9 Å². The van der Waals surface area contributed by atoms with Crippen LogP contribution in [0, 0.1) is 11.3 Å². The van der Waals surface area contributed by atoms with Gasteiger partial charge < -0.3 is 9.47 Å². The average molecular weight is 398 g/mol. The van der Waals surface area contributed by atoms with Crippen LogP contribution in [-0.4, -0.2) is 37.1 Å². The first-order valence-corrected chi connectivity index (χ1v) is 10.7. The number of nitrogens with zero attached hydrogens (tertiary/aromatic N) is 1. The van der Waals surface area contributed by atoms with Crippen LogP contribution in [0.1, 0.15) is 37.3 Å². The summed E-state index contributed by atoms with van der Waals surface area (Å²) in [5.74, 6) is -0.309. The Morgan fingerprint density at radius 2 is 1.45 bits per heavy atom. The Bertz CT molecular complexity index is 721. The van der Waals surface area contributed by atoms with E-state index in [4.69, 9.17) is 9.47 Å². The molecule has 2 atom stereocenters. The molecule has 1 aliphatic heterocycles. The Kier molecular flexibility index (Phi) is 6.33. The fourth-order valence-corrected chi connectivity index (χ4v) is 4.80. The molecule has 1 aliphatic carbocycles. The number of hydrogen-bond acceptors (Lipinski definition) is 3. The van der Waals surface area contributed by atoms with Crippen LogP contribution in [0.5, 0.6) is 0 Å². The van der Waals surface area contributed by atoms with Gasteiger partial charge in [0.15, 0.2) is 5.79 Å². The van der Waals surface area contributed by atoms with Crippen molar-refractivity contribution in [2.75, 3.05) is 26.4 Å². The van der Waals surface area contributed by atoms with Crippen LogP contribution >= 0.6 is 0 Å². The standard InChI is InChI=1S/C25H32FNO2/c1-24(20-26)12-13-25(28-14-15-29-25)16-23(24)19-27(17-21-8-4-2-5-9-21)18-22-10-6-3-7-11-22/h2-11,23H,12-20H2,1H3. The molecule has 0 bridgehead atoms. The van der Waals surface area contributed by atoms with E-state index in [1.165, 1.54) is 11.1 Å². The van der Waals surface area contributed by atoms with Crippen LogP contribution in [-0.2, 0) is 22.6 Å². The van der Waals surface area contributed by atoms with Gasteiger partial charge in [0.2, 0.25) is 0 Å². The fourth-order valence-electron chi connectivity index (χ4n) is 4.80. The van der Waals surface area contributed by atoms with Crippen molar-refractivity contribution in [2.45, 2.75) is 45.1 Å². The highest BCUT2D eigenvalue weighted by atomic mass is 19.1. The van der Waals surface area contributed by atoms with E-state index in [0.717, 1.165) is 38.9 Å². The SMILES string of the molecule is CC1(CF)CCC2(CC1CN(Cc1ccccc1)Cc1ccccc1)OCCO2. The van der Waals surface area contributed by atoms with Crippen LogP contribution in [0.4, 0.5) is 4.39 Å². The lowest BCUT2D eigenvalue weighted by atomic mass is 9.66. The quantitative estimate of drug-likeness (QED) is 0.640. The summed E-state index contributed by atoms with van der Waals surface area (Å²) in [6.07, 6.45) is 2.37. The number of hydrogen-bond donors (Lipinski definition) is 0. The number of benzene rings is 2. The van der Waals surface area contributed by atoms with Crippen LogP contribution in [0.15, 0.2) is 60.7 Å². The molecule has 0 aromatic heterocycles. The molecule has 3 nitrogen and oxygen atoms in total. The van der Waals surface area contributed by atoms with E-state index in [-0.39, 0.29) is 18.0 Å². The van der Waals surface area contributed by atoms with E-state index in [1.807, 2.05) is 12.1 Å². The van der Waals surface area contributed by atoms with Crippen molar-refractivity contribution >= 4 is 0 Å². The summed E-state index contributed by atoms with van der Waals surface area (Å²) in [5.41, 5.74) is 2.24. The molecule has 0 N–H and O–H groups in total. The second-order valence-corrected chi connectivity index (χ2v) is 8.94. The molecule has 2 unspecified atom stereocenters. The summed E-state index contributed by atoms with van der Waals surface area (Å²) in [7, 11) is 0. The van der Waals surface area contributed by atoms with Crippen molar-refractivity contribution in [3.8, 4) is 0 Å². The monoisotopic (exact) mass is 397 g/mol. The minimum atomic E-state index is -0.496.